The Balaban J connectivity index is 3.80. The number of rotatable bonds is 4. The number of Topliss-reactive ketones (excluding diaryl/α,β-unsaturated/α-hetero) is 1. The van der Waals surface area contributed by atoms with Gasteiger partial charge in [-0.1, -0.05) is 20.8 Å². The minimum atomic E-state index is -0.403. The number of esters is 1. The van der Waals surface area contributed by atoms with Crippen molar-refractivity contribution in [2.75, 3.05) is 6.61 Å². The second-order valence-electron chi connectivity index (χ2n) is 3.28. The fourth-order valence-corrected chi connectivity index (χ4v) is 0.676. The zero-order chi connectivity index (χ0) is 9.72. The quantitative estimate of drug-likeness (QED) is 0.602. The fraction of sp³-hybridized carbons (Fsp3) is 0.778. The standard InChI is InChI=1S/C9H16O3/c1-6(2)7(3)9(11)5-12-8(4)10/h6-7H,5H2,1-4H3/t7-/m1/s1. The van der Waals surface area contributed by atoms with Crippen LogP contribution in [0.4, 0.5) is 0 Å². The van der Waals surface area contributed by atoms with Gasteiger partial charge >= 0.3 is 5.97 Å². The Kier molecular flexibility index (Phi) is 4.55. The predicted molar refractivity (Wildman–Crippen MR) is 45.6 cm³/mol. The molecule has 0 unspecified atom stereocenters. The molecule has 0 saturated heterocycles. The Bertz CT molecular complexity index is 173. The molecule has 0 spiro atoms. The summed E-state index contributed by atoms with van der Waals surface area (Å²) < 4.78 is 4.59. The van der Waals surface area contributed by atoms with Crippen molar-refractivity contribution in [3.8, 4) is 0 Å². The van der Waals surface area contributed by atoms with E-state index in [0.29, 0.717) is 5.92 Å². The molecule has 0 aliphatic rings. The predicted octanol–water partition coefficient (Wildman–Crippen LogP) is 1.41. The Labute approximate surface area is 73.1 Å². The highest BCUT2D eigenvalue weighted by atomic mass is 16.5. The molecule has 1 atom stereocenters. The van der Waals surface area contributed by atoms with Gasteiger partial charge in [0.1, 0.15) is 6.61 Å². The average molecular weight is 172 g/mol. The monoisotopic (exact) mass is 172 g/mol. The van der Waals surface area contributed by atoms with Crippen LogP contribution in [0.15, 0.2) is 0 Å². The largest absolute Gasteiger partial charge is 0.458 e. The highest BCUT2D eigenvalue weighted by molar-refractivity contribution is 5.83. The van der Waals surface area contributed by atoms with E-state index in [2.05, 4.69) is 4.74 Å². The van der Waals surface area contributed by atoms with E-state index < -0.39 is 5.97 Å². The van der Waals surface area contributed by atoms with E-state index in [1.807, 2.05) is 20.8 Å². The lowest BCUT2D eigenvalue weighted by Crippen LogP contribution is -2.22. The number of hydrogen-bond acceptors (Lipinski definition) is 3. The van der Waals surface area contributed by atoms with Crippen LogP contribution in [-0.2, 0) is 14.3 Å². The summed E-state index contributed by atoms with van der Waals surface area (Å²) in [6, 6.07) is 0. The van der Waals surface area contributed by atoms with Gasteiger partial charge in [0.2, 0.25) is 0 Å². The molecule has 12 heavy (non-hydrogen) atoms. The molecular formula is C9H16O3. The summed E-state index contributed by atoms with van der Waals surface area (Å²) in [5, 5.41) is 0. The first-order chi connectivity index (χ1) is 5.45. The molecule has 0 radical (unpaired) electrons. The molecule has 0 aliphatic carbocycles. The highest BCUT2D eigenvalue weighted by Crippen LogP contribution is 2.10. The Morgan fingerprint density at radius 1 is 1.25 bits per heavy atom. The van der Waals surface area contributed by atoms with Crippen molar-refractivity contribution in [2.24, 2.45) is 11.8 Å². The second kappa shape index (κ2) is 4.91. The lowest BCUT2D eigenvalue weighted by molar-refractivity contribution is -0.147. The lowest BCUT2D eigenvalue weighted by atomic mass is 9.94. The normalized spacial score (nSPS) is 12.8. The van der Waals surface area contributed by atoms with Gasteiger partial charge in [-0.3, -0.25) is 9.59 Å². The summed E-state index contributed by atoms with van der Waals surface area (Å²) >= 11 is 0. The minimum absolute atomic E-state index is 0.0137. The Morgan fingerprint density at radius 2 is 1.75 bits per heavy atom. The van der Waals surface area contributed by atoms with Gasteiger partial charge in [-0.25, -0.2) is 0 Å². The molecule has 70 valence electrons. The molecular weight excluding hydrogens is 156 g/mol. The molecule has 0 rings (SSSR count). The van der Waals surface area contributed by atoms with Gasteiger partial charge in [-0.2, -0.15) is 0 Å². The summed E-state index contributed by atoms with van der Waals surface area (Å²) in [6.45, 7) is 6.99. The summed E-state index contributed by atoms with van der Waals surface area (Å²) in [5.41, 5.74) is 0. The van der Waals surface area contributed by atoms with Crippen molar-refractivity contribution in [3.05, 3.63) is 0 Å². The van der Waals surface area contributed by atoms with Crippen LogP contribution in [0.1, 0.15) is 27.7 Å². The zero-order valence-corrected chi connectivity index (χ0v) is 8.09. The summed E-state index contributed by atoms with van der Waals surface area (Å²) in [7, 11) is 0. The van der Waals surface area contributed by atoms with Crippen LogP contribution in [0.25, 0.3) is 0 Å². The number of carbonyl (C=O) groups excluding carboxylic acids is 2. The Morgan fingerprint density at radius 3 is 2.08 bits per heavy atom. The summed E-state index contributed by atoms with van der Waals surface area (Å²) in [5.74, 6) is -0.156. The first kappa shape index (κ1) is 11.1. The van der Waals surface area contributed by atoms with Gasteiger partial charge in [-0.05, 0) is 5.92 Å². The summed E-state index contributed by atoms with van der Waals surface area (Å²) in [6.07, 6.45) is 0. The lowest BCUT2D eigenvalue weighted by Gasteiger charge is -2.13. The maximum Gasteiger partial charge on any atom is 0.303 e. The topological polar surface area (TPSA) is 43.4 Å². The third kappa shape index (κ3) is 4.11. The number of ether oxygens (including phenoxy) is 1. The van der Waals surface area contributed by atoms with E-state index in [1.165, 1.54) is 6.92 Å². The molecule has 0 aromatic rings. The molecule has 3 nitrogen and oxygen atoms in total. The van der Waals surface area contributed by atoms with Crippen LogP contribution in [0, 0.1) is 11.8 Å². The number of ketones is 1. The second-order valence-corrected chi connectivity index (χ2v) is 3.28. The first-order valence-corrected chi connectivity index (χ1v) is 4.11. The molecule has 0 aromatic heterocycles. The first-order valence-electron chi connectivity index (χ1n) is 4.11. The van der Waals surface area contributed by atoms with Gasteiger partial charge in [0.05, 0.1) is 0 Å². The smallest absolute Gasteiger partial charge is 0.303 e. The van der Waals surface area contributed by atoms with Gasteiger partial charge in [0.15, 0.2) is 5.78 Å². The SMILES string of the molecule is CC(=O)OCC(=O)[C@H](C)C(C)C. The van der Waals surface area contributed by atoms with E-state index in [1.54, 1.807) is 0 Å². The molecule has 0 heterocycles. The molecule has 3 heteroatoms. The van der Waals surface area contributed by atoms with Crippen LogP contribution in [-0.4, -0.2) is 18.4 Å². The number of hydrogen-bond donors (Lipinski definition) is 0. The maximum atomic E-state index is 11.2. The molecule has 0 amide bonds. The van der Waals surface area contributed by atoms with Crippen molar-refractivity contribution in [1.29, 1.82) is 0 Å². The van der Waals surface area contributed by atoms with Gasteiger partial charge in [-0.15, -0.1) is 0 Å². The molecule has 0 saturated carbocycles. The van der Waals surface area contributed by atoms with Crippen molar-refractivity contribution in [2.45, 2.75) is 27.7 Å². The van der Waals surface area contributed by atoms with E-state index in [0.717, 1.165) is 0 Å². The van der Waals surface area contributed by atoms with Crippen molar-refractivity contribution in [3.63, 3.8) is 0 Å². The van der Waals surface area contributed by atoms with E-state index >= 15 is 0 Å². The Hall–Kier alpha value is -0.860. The highest BCUT2D eigenvalue weighted by Gasteiger charge is 2.17. The van der Waals surface area contributed by atoms with E-state index in [9.17, 15) is 9.59 Å². The van der Waals surface area contributed by atoms with Gasteiger partial charge < -0.3 is 4.74 Å². The maximum absolute atomic E-state index is 11.2. The third-order valence-electron chi connectivity index (χ3n) is 1.93. The van der Waals surface area contributed by atoms with Crippen LogP contribution in [0.2, 0.25) is 0 Å². The van der Waals surface area contributed by atoms with Crippen LogP contribution in [0.5, 0.6) is 0 Å². The molecule has 0 fully saturated rings. The van der Waals surface area contributed by atoms with E-state index in [-0.39, 0.29) is 18.3 Å². The number of carbonyl (C=O) groups is 2. The van der Waals surface area contributed by atoms with Crippen molar-refractivity contribution < 1.29 is 14.3 Å². The molecule has 0 aromatic carbocycles. The van der Waals surface area contributed by atoms with E-state index in [4.69, 9.17) is 0 Å². The average Bonchev–Trinajstić information content (AvgIpc) is 1.98. The van der Waals surface area contributed by atoms with Crippen LogP contribution in [0.3, 0.4) is 0 Å². The third-order valence-corrected chi connectivity index (χ3v) is 1.93. The zero-order valence-electron chi connectivity index (χ0n) is 8.09. The van der Waals surface area contributed by atoms with Crippen LogP contribution < -0.4 is 0 Å². The molecule has 0 aliphatic heterocycles. The fourth-order valence-electron chi connectivity index (χ4n) is 0.676. The van der Waals surface area contributed by atoms with Crippen LogP contribution >= 0.6 is 0 Å². The van der Waals surface area contributed by atoms with Crippen molar-refractivity contribution >= 4 is 11.8 Å². The van der Waals surface area contributed by atoms with Crippen molar-refractivity contribution in [1.82, 2.24) is 0 Å². The molecule has 0 N–H and O–H groups in total. The molecule has 0 bridgehead atoms. The van der Waals surface area contributed by atoms with Gasteiger partial charge in [0, 0.05) is 12.8 Å². The minimum Gasteiger partial charge on any atom is -0.458 e. The summed E-state index contributed by atoms with van der Waals surface area (Å²) in [4.78, 5) is 21.6. The van der Waals surface area contributed by atoms with Gasteiger partial charge in [0.25, 0.3) is 0 Å².